The second-order valence-electron chi connectivity index (χ2n) is 2.73. The lowest BCUT2D eigenvalue weighted by atomic mass is 10.4. The van der Waals surface area contributed by atoms with Crippen LogP contribution in [0.3, 0.4) is 0 Å². The van der Waals surface area contributed by atoms with Gasteiger partial charge in [0.1, 0.15) is 12.0 Å². The van der Waals surface area contributed by atoms with Crippen LogP contribution in [0.15, 0.2) is 35.2 Å². The van der Waals surface area contributed by atoms with Crippen molar-refractivity contribution < 1.29 is 5.11 Å². The first-order valence-corrected chi connectivity index (χ1v) is 5.93. The Bertz CT molecular complexity index is 210. The van der Waals surface area contributed by atoms with E-state index in [0.717, 1.165) is 12.2 Å². The Hall–Kier alpha value is -0.470. The fourth-order valence-electron chi connectivity index (χ4n) is 1.05. The Balaban J connectivity index is 2.48. The van der Waals surface area contributed by atoms with Gasteiger partial charge in [-0.15, -0.1) is 0 Å². The summed E-state index contributed by atoms with van der Waals surface area (Å²) in [7, 11) is 0.307. The summed E-state index contributed by atoms with van der Waals surface area (Å²) in [4.78, 5) is 1.39. The number of benzene rings is 1. The van der Waals surface area contributed by atoms with Crippen LogP contribution in [0.1, 0.15) is 6.42 Å². The zero-order valence-corrected chi connectivity index (χ0v) is 8.18. The average molecular weight is 183 g/mol. The lowest BCUT2D eigenvalue weighted by Gasteiger charge is -2.00. The first-order chi connectivity index (χ1) is 5.84. The van der Waals surface area contributed by atoms with Crippen molar-refractivity contribution in [1.82, 2.24) is 0 Å². The predicted octanol–water partition coefficient (Wildman–Crippen LogP) is 1.68. The van der Waals surface area contributed by atoms with Crippen LogP contribution in [0.2, 0.25) is 0 Å². The smallest absolute Gasteiger partial charge is 0.154 e. The number of hydrogen-bond acceptors (Lipinski definition) is 1. The number of aliphatic hydroxyl groups is 1. The topological polar surface area (TPSA) is 20.2 Å². The molecule has 66 valence electrons. The molecular formula is C10H15OS+. The quantitative estimate of drug-likeness (QED) is 0.704. The zero-order chi connectivity index (χ0) is 8.81. The molecule has 1 unspecified atom stereocenters. The summed E-state index contributed by atoms with van der Waals surface area (Å²) in [5, 5.41) is 8.67. The van der Waals surface area contributed by atoms with Gasteiger partial charge < -0.3 is 5.11 Å². The van der Waals surface area contributed by atoms with E-state index in [-0.39, 0.29) is 0 Å². The maximum atomic E-state index is 8.67. The molecule has 1 aromatic rings. The van der Waals surface area contributed by atoms with Gasteiger partial charge in [0.15, 0.2) is 4.90 Å². The first kappa shape index (κ1) is 9.62. The normalized spacial score (nSPS) is 12.8. The molecule has 1 rings (SSSR count). The third-order valence-corrected chi connectivity index (χ3v) is 3.73. The van der Waals surface area contributed by atoms with E-state index >= 15 is 0 Å². The molecule has 1 nitrogen and oxygen atoms in total. The molecule has 1 atom stereocenters. The average Bonchev–Trinajstić information content (AvgIpc) is 2.15. The largest absolute Gasteiger partial charge is 0.396 e. The minimum Gasteiger partial charge on any atom is -0.396 e. The molecule has 12 heavy (non-hydrogen) atoms. The minimum absolute atomic E-state index is 0.307. The highest BCUT2D eigenvalue weighted by atomic mass is 32.2. The van der Waals surface area contributed by atoms with Gasteiger partial charge in [0, 0.05) is 23.9 Å². The summed E-state index contributed by atoms with van der Waals surface area (Å²) in [6.45, 7) is 0.310. The van der Waals surface area contributed by atoms with E-state index in [9.17, 15) is 0 Å². The first-order valence-electron chi connectivity index (χ1n) is 4.13. The van der Waals surface area contributed by atoms with Crippen LogP contribution >= 0.6 is 0 Å². The maximum absolute atomic E-state index is 8.67. The molecule has 0 spiro atoms. The van der Waals surface area contributed by atoms with Crippen molar-refractivity contribution in [2.75, 3.05) is 18.6 Å². The molecule has 0 aliphatic rings. The standard InChI is InChI=1S/C10H15OS/c1-12(9-5-8-11)10-6-3-2-4-7-10/h2-4,6-7,11H,5,8-9H2,1H3/q+1. The van der Waals surface area contributed by atoms with Gasteiger partial charge >= 0.3 is 0 Å². The third-order valence-electron chi connectivity index (χ3n) is 1.75. The third kappa shape index (κ3) is 2.88. The predicted molar refractivity (Wildman–Crippen MR) is 54.6 cm³/mol. The molecule has 1 aromatic carbocycles. The van der Waals surface area contributed by atoms with Gasteiger partial charge in [-0.05, 0) is 12.1 Å². The van der Waals surface area contributed by atoms with Gasteiger partial charge in [0.2, 0.25) is 0 Å². The van der Waals surface area contributed by atoms with Gasteiger partial charge in [0.25, 0.3) is 0 Å². The molecular weight excluding hydrogens is 168 g/mol. The molecule has 0 saturated carbocycles. The lowest BCUT2D eigenvalue weighted by molar-refractivity contribution is 0.296. The second-order valence-corrected chi connectivity index (χ2v) is 4.89. The Labute approximate surface area is 76.8 Å². The minimum atomic E-state index is 0.307. The number of aliphatic hydroxyl groups excluding tert-OH is 1. The summed E-state index contributed by atoms with van der Waals surface area (Å²) >= 11 is 0. The monoisotopic (exact) mass is 183 g/mol. The van der Waals surface area contributed by atoms with E-state index in [1.54, 1.807) is 0 Å². The van der Waals surface area contributed by atoms with Crippen molar-refractivity contribution in [3.63, 3.8) is 0 Å². The summed E-state index contributed by atoms with van der Waals surface area (Å²) < 4.78 is 0. The van der Waals surface area contributed by atoms with Gasteiger partial charge in [-0.2, -0.15) is 0 Å². The van der Waals surface area contributed by atoms with Crippen LogP contribution in [0.4, 0.5) is 0 Å². The Morgan fingerprint density at radius 2 is 1.92 bits per heavy atom. The Kier molecular flexibility index (Phi) is 4.19. The van der Waals surface area contributed by atoms with Gasteiger partial charge in [0.05, 0.1) is 0 Å². The van der Waals surface area contributed by atoms with Crippen molar-refractivity contribution in [2.45, 2.75) is 11.3 Å². The van der Waals surface area contributed by atoms with Crippen molar-refractivity contribution in [1.29, 1.82) is 0 Å². The highest BCUT2D eigenvalue weighted by Crippen LogP contribution is 2.10. The number of rotatable bonds is 4. The molecule has 0 aliphatic heterocycles. The van der Waals surface area contributed by atoms with E-state index in [2.05, 4.69) is 30.5 Å². The highest BCUT2D eigenvalue weighted by Gasteiger charge is 2.12. The zero-order valence-electron chi connectivity index (χ0n) is 7.36. The van der Waals surface area contributed by atoms with Crippen LogP contribution in [-0.2, 0) is 10.9 Å². The van der Waals surface area contributed by atoms with Crippen molar-refractivity contribution >= 4 is 10.9 Å². The summed E-state index contributed by atoms with van der Waals surface area (Å²) in [6.07, 6.45) is 3.14. The highest BCUT2D eigenvalue weighted by molar-refractivity contribution is 7.96. The van der Waals surface area contributed by atoms with Crippen LogP contribution in [0, 0.1) is 0 Å². The molecule has 0 amide bonds. The van der Waals surface area contributed by atoms with Crippen molar-refractivity contribution in [2.24, 2.45) is 0 Å². The summed E-state index contributed by atoms with van der Waals surface area (Å²) in [6, 6.07) is 10.5. The molecule has 0 bridgehead atoms. The summed E-state index contributed by atoms with van der Waals surface area (Å²) in [5.74, 6) is 1.10. The van der Waals surface area contributed by atoms with E-state index in [4.69, 9.17) is 5.11 Å². The van der Waals surface area contributed by atoms with Crippen LogP contribution < -0.4 is 0 Å². The van der Waals surface area contributed by atoms with Crippen molar-refractivity contribution in [3.05, 3.63) is 30.3 Å². The van der Waals surface area contributed by atoms with Gasteiger partial charge in [-0.3, -0.25) is 0 Å². The fourth-order valence-corrected chi connectivity index (χ4v) is 2.47. The van der Waals surface area contributed by atoms with Gasteiger partial charge in [-0.25, -0.2) is 0 Å². The fraction of sp³-hybridized carbons (Fsp3) is 0.400. The van der Waals surface area contributed by atoms with E-state index < -0.39 is 0 Å². The molecule has 0 heterocycles. The van der Waals surface area contributed by atoms with Crippen LogP contribution in [-0.4, -0.2) is 23.7 Å². The molecule has 0 saturated heterocycles. The van der Waals surface area contributed by atoms with Gasteiger partial charge in [-0.1, -0.05) is 18.2 Å². The summed E-state index contributed by atoms with van der Waals surface area (Å²) in [5.41, 5.74) is 0. The molecule has 0 fully saturated rings. The lowest BCUT2D eigenvalue weighted by Crippen LogP contribution is -2.06. The Morgan fingerprint density at radius 3 is 2.50 bits per heavy atom. The van der Waals surface area contributed by atoms with Crippen LogP contribution in [0.5, 0.6) is 0 Å². The van der Waals surface area contributed by atoms with Crippen molar-refractivity contribution in [3.8, 4) is 0 Å². The van der Waals surface area contributed by atoms with Crippen LogP contribution in [0.25, 0.3) is 0 Å². The maximum Gasteiger partial charge on any atom is 0.154 e. The molecule has 0 aliphatic carbocycles. The number of hydrogen-bond donors (Lipinski definition) is 1. The molecule has 1 N–H and O–H groups in total. The van der Waals surface area contributed by atoms with E-state index in [0.29, 0.717) is 17.5 Å². The van der Waals surface area contributed by atoms with E-state index in [1.165, 1.54) is 4.90 Å². The SMILES string of the molecule is C[S+](CCCO)c1ccccc1. The van der Waals surface area contributed by atoms with E-state index in [1.807, 2.05) is 6.07 Å². The molecule has 0 radical (unpaired) electrons. The molecule has 2 heteroatoms. The Morgan fingerprint density at radius 1 is 1.25 bits per heavy atom. The second kappa shape index (κ2) is 5.22. The molecule has 0 aromatic heterocycles.